The summed E-state index contributed by atoms with van der Waals surface area (Å²) in [4.78, 5) is 0. The molecule has 1 heteroatoms. The maximum absolute atomic E-state index is 2.75. The van der Waals surface area contributed by atoms with Crippen molar-refractivity contribution in [3.63, 3.8) is 0 Å². The van der Waals surface area contributed by atoms with Crippen molar-refractivity contribution < 1.29 is 0 Å². The van der Waals surface area contributed by atoms with Crippen LogP contribution in [-0.2, 0) is 0 Å². The van der Waals surface area contributed by atoms with E-state index in [4.69, 9.17) is 0 Å². The van der Waals surface area contributed by atoms with Crippen LogP contribution in [0.5, 0.6) is 0 Å². The van der Waals surface area contributed by atoms with Gasteiger partial charge in [-0.05, 0) is 92.3 Å². The molecule has 0 N–H and O–H groups in total. The largest absolute Gasteiger partial charge is 0.0826 e. The molecular weight excluding hydrogens is 355 g/mol. The Hall–Kier alpha value is 0.730. The molecule has 0 aromatic carbocycles. The van der Waals surface area contributed by atoms with Gasteiger partial charge < -0.3 is 0 Å². The highest BCUT2D eigenvalue weighted by molar-refractivity contribution is 14.1. The Morgan fingerprint density at radius 1 is 0.850 bits per heavy atom. The van der Waals surface area contributed by atoms with Crippen LogP contribution < -0.4 is 0 Å². The minimum Gasteiger partial charge on any atom is -0.0826 e. The smallest absolute Gasteiger partial charge is 0.0115 e. The van der Waals surface area contributed by atoms with Gasteiger partial charge in [-0.25, -0.2) is 0 Å². The molecule has 2 unspecified atom stereocenters. The van der Waals surface area contributed by atoms with Crippen LogP contribution in [0.2, 0.25) is 0 Å². The number of hydrogen-bond donors (Lipinski definition) is 0. The fraction of sp³-hybridized carbons (Fsp3) is 1.00. The van der Waals surface area contributed by atoms with Gasteiger partial charge in [0.15, 0.2) is 0 Å². The van der Waals surface area contributed by atoms with E-state index in [2.05, 4.69) is 36.4 Å². The molecule has 4 fully saturated rings. The lowest BCUT2D eigenvalue weighted by atomic mass is 9.45. The highest BCUT2D eigenvalue weighted by Gasteiger charge is 2.57. The Bertz CT molecular complexity index is 391. The molecule has 0 heterocycles. The van der Waals surface area contributed by atoms with E-state index < -0.39 is 0 Å². The van der Waals surface area contributed by atoms with Crippen LogP contribution in [-0.4, -0.2) is 3.92 Å². The fourth-order valence-corrected chi connectivity index (χ4v) is 8.59. The first kappa shape index (κ1) is 14.3. The molecule has 4 rings (SSSR count). The lowest BCUT2D eigenvalue weighted by Gasteiger charge is -2.60. The summed E-state index contributed by atoms with van der Waals surface area (Å²) in [6.07, 6.45) is 15.4. The van der Waals surface area contributed by atoms with E-state index in [1.807, 2.05) is 0 Å². The lowest BCUT2D eigenvalue weighted by Crippen LogP contribution is -2.53. The Morgan fingerprint density at radius 3 is 2.50 bits per heavy atom. The van der Waals surface area contributed by atoms with Crippen LogP contribution in [0.15, 0.2) is 0 Å². The van der Waals surface area contributed by atoms with E-state index in [1.54, 1.807) is 32.1 Å². The molecule has 4 aliphatic rings. The molecule has 0 aliphatic heterocycles. The molecule has 0 saturated heterocycles. The molecule has 4 aliphatic carbocycles. The van der Waals surface area contributed by atoms with Crippen LogP contribution in [0, 0.1) is 34.5 Å². The number of alkyl halides is 1. The standard InChI is InChI=1S/C19H31I/c1-18-10-3-4-16(18)15-8-6-13-5-7-14(20)12-19(13,2)17(15)9-11-18/h13-17H,3-12H2,1-2H3/t13?,14?,15-,16-,17-,18-,19-/m0/s1. The first-order chi connectivity index (χ1) is 9.53. The molecule has 0 radical (unpaired) electrons. The molecule has 0 aromatic heterocycles. The zero-order valence-corrected chi connectivity index (χ0v) is 15.5. The average molecular weight is 386 g/mol. The van der Waals surface area contributed by atoms with Gasteiger partial charge in [-0.1, -0.05) is 42.9 Å². The third-order valence-corrected chi connectivity index (χ3v) is 9.40. The summed E-state index contributed by atoms with van der Waals surface area (Å²) in [5.74, 6) is 4.34. The molecule has 0 amide bonds. The molecule has 7 atom stereocenters. The monoisotopic (exact) mass is 386 g/mol. The van der Waals surface area contributed by atoms with Gasteiger partial charge in [0.25, 0.3) is 0 Å². The third-order valence-electron chi connectivity index (χ3n) is 8.34. The topological polar surface area (TPSA) is 0 Å². The SMILES string of the molecule is C[C@@]12CCC[C@H]1[C@@H]1CCC3CCC(I)C[C@]3(C)[C@H]1CC2. The molecule has 0 aromatic rings. The van der Waals surface area contributed by atoms with Crippen molar-refractivity contribution in [1.29, 1.82) is 0 Å². The summed E-state index contributed by atoms with van der Waals surface area (Å²) >= 11 is 2.75. The second-order valence-electron chi connectivity index (χ2n) is 9.12. The number of fused-ring (bicyclic) bond motifs is 5. The third kappa shape index (κ3) is 1.97. The van der Waals surface area contributed by atoms with Gasteiger partial charge in [-0.3, -0.25) is 0 Å². The maximum Gasteiger partial charge on any atom is 0.0115 e. The van der Waals surface area contributed by atoms with Crippen LogP contribution in [0.3, 0.4) is 0 Å². The molecule has 114 valence electrons. The van der Waals surface area contributed by atoms with Crippen molar-refractivity contribution in [1.82, 2.24) is 0 Å². The Labute approximate surface area is 139 Å². The molecule has 20 heavy (non-hydrogen) atoms. The summed E-state index contributed by atoms with van der Waals surface area (Å²) in [6, 6.07) is 0. The molecule has 0 nitrogen and oxygen atoms in total. The average Bonchev–Trinajstić information content (AvgIpc) is 2.79. The van der Waals surface area contributed by atoms with Gasteiger partial charge in [0.2, 0.25) is 0 Å². The van der Waals surface area contributed by atoms with Gasteiger partial charge in [0.1, 0.15) is 0 Å². The van der Waals surface area contributed by atoms with Crippen molar-refractivity contribution in [3.8, 4) is 0 Å². The zero-order valence-electron chi connectivity index (χ0n) is 13.3. The first-order valence-corrected chi connectivity index (χ1v) is 10.4. The highest BCUT2D eigenvalue weighted by Crippen LogP contribution is 2.66. The number of hydrogen-bond acceptors (Lipinski definition) is 0. The second-order valence-corrected chi connectivity index (χ2v) is 10.9. The molecule has 0 bridgehead atoms. The molecule has 4 saturated carbocycles. The zero-order chi connectivity index (χ0) is 14.0. The van der Waals surface area contributed by atoms with Crippen molar-refractivity contribution in [3.05, 3.63) is 0 Å². The van der Waals surface area contributed by atoms with E-state index in [0.29, 0.717) is 5.41 Å². The number of rotatable bonds is 0. The van der Waals surface area contributed by atoms with Crippen LogP contribution >= 0.6 is 22.6 Å². The van der Waals surface area contributed by atoms with E-state index in [0.717, 1.165) is 33.0 Å². The minimum absolute atomic E-state index is 0.705. The summed E-state index contributed by atoms with van der Waals surface area (Å²) in [5.41, 5.74) is 1.44. The molecule has 0 spiro atoms. The van der Waals surface area contributed by atoms with E-state index >= 15 is 0 Å². The Kier molecular flexibility index (Phi) is 3.48. The van der Waals surface area contributed by atoms with Crippen molar-refractivity contribution in [2.45, 2.75) is 82.0 Å². The van der Waals surface area contributed by atoms with Crippen molar-refractivity contribution >= 4 is 22.6 Å². The van der Waals surface area contributed by atoms with E-state index in [1.165, 1.54) is 32.1 Å². The van der Waals surface area contributed by atoms with Crippen LogP contribution in [0.25, 0.3) is 0 Å². The fourth-order valence-electron chi connectivity index (χ4n) is 7.28. The molecular formula is C19H31I. The van der Waals surface area contributed by atoms with Gasteiger partial charge in [0, 0.05) is 3.92 Å². The van der Waals surface area contributed by atoms with E-state index in [-0.39, 0.29) is 0 Å². The van der Waals surface area contributed by atoms with Crippen LogP contribution in [0.4, 0.5) is 0 Å². The van der Waals surface area contributed by atoms with Gasteiger partial charge in [-0.15, -0.1) is 0 Å². The Balaban J connectivity index is 1.64. The lowest BCUT2D eigenvalue weighted by molar-refractivity contribution is -0.101. The van der Waals surface area contributed by atoms with Gasteiger partial charge in [0.05, 0.1) is 0 Å². The Morgan fingerprint density at radius 2 is 1.65 bits per heavy atom. The first-order valence-electron chi connectivity index (χ1n) is 9.17. The summed E-state index contributed by atoms with van der Waals surface area (Å²) in [6.45, 7) is 5.34. The quantitative estimate of drug-likeness (QED) is 0.342. The number of halogens is 1. The predicted octanol–water partition coefficient (Wildman–Crippen LogP) is 6.22. The highest BCUT2D eigenvalue weighted by atomic mass is 127. The summed E-state index contributed by atoms with van der Waals surface area (Å²) in [5, 5.41) is 0. The maximum atomic E-state index is 2.75. The second kappa shape index (κ2) is 4.86. The summed E-state index contributed by atoms with van der Waals surface area (Å²) in [7, 11) is 0. The van der Waals surface area contributed by atoms with Gasteiger partial charge in [-0.2, -0.15) is 0 Å². The normalized spacial score (nSPS) is 58.6. The van der Waals surface area contributed by atoms with Crippen LogP contribution in [0.1, 0.15) is 78.1 Å². The van der Waals surface area contributed by atoms with Gasteiger partial charge >= 0.3 is 0 Å². The van der Waals surface area contributed by atoms with E-state index in [9.17, 15) is 0 Å². The summed E-state index contributed by atoms with van der Waals surface area (Å²) < 4.78 is 0.962. The minimum atomic E-state index is 0.705. The predicted molar refractivity (Wildman–Crippen MR) is 94.2 cm³/mol. The van der Waals surface area contributed by atoms with Crippen molar-refractivity contribution in [2.75, 3.05) is 0 Å². The van der Waals surface area contributed by atoms with Crippen molar-refractivity contribution in [2.24, 2.45) is 34.5 Å².